The number of fused-ring (bicyclic) bond motifs is 3. The number of carbonyl (C=O) groups is 1. The molecule has 4 aromatic rings. The molecule has 6 nitrogen and oxygen atoms in total. The maximum absolute atomic E-state index is 12.8. The number of rotatable bonds is 2. The SMILES string of the molecule is Cc1ccc(C)c(NC(=O)N2CCN(c3nc4ccccc4n4cccc34)CC2)c1. The molecule has 1 fully saturated rings. The smallest absolute Gasteiger partial charge is 0.321 e. The summed E-state index contributed by atoms with van der Waals surface area (Å²) >= 11 is 0. The van der Waals surface area contributed by atoms with Gasteiger partial charge in [-0.15, -0.1) is 0 Å². The molecule has 1 aliphatic rings. The van der Waals surface area contributed by atoms with Crippen molar-refractivity contribution in [2.75, 3.05) is 36.4 Å². The Labute approximate surface area is 175 Å². The zero-order valence-electron chi connectivity index (χ0n) is 17.3. The number of anilines is 2. The predicted octanol–water partition coefficient (Wildman–Crippen LogP) is 4.46. The molecule has 2 amide bonds. The van der Waals surface area contributed by atoms with Crippen LogP contribution in [0.15, 0.2) is 60.8 Å². The van der Waals surface area contributed by atoms with Gasteiger partial charge in [0.15, 0.2) is 5.82 Å². The van der Waals surface area contributed by atoms with Gasteiger partial charge in [0.2, 0.25) is 0 Å². The third-order valence-corrected chi connectivity index (χ3v) is 5.85. The van der Waals surface area contributed by atoms with Crippen LogP contribution < -0.4 is 10.2 Å². The number of benzene rings is 2. The van der Waals surface area contributed by atoms with Gasteiger partial charge in [-0.2, -0.15) is 0 Å². The lowest BCUT2D eigenvalue weighted by Gasteiger charge is -2.35. The van der Waals surface area contributed by atoms with Crippen molar-refractivity contribution in [1.82, 2.24) is 14.3 Å². The molecule has 0 unspecified atom stereocenters. The highest BCUT2D eigenvalue weighted by molar-refractivity contribution is 5.90. The molecule has 1 N–H and O–H groups in total. The Hall–Kier alpha value is -3.54. The molecule has 2 aromatic heterocycles. The van der Waals surface area contributed by atoms with Crippen molar-refractivity contribution in [2.45, 2.75) is 13.8 Å². The van der Waals surface area contributed by atoms with Gasteiger partial charge in [-0.25, -0.2) is 9.78 Å². The maximum atomic E-state index is 12.8. The molecule has 1 aliphatic heterocycles. The quantitative estimate of drug-likeness (QED) is 0.542. The third kappa shape index (κ3) is 3.24. The first-order valence-electron chi connectivity index (χ1n) is 10.3. The van der Waals surface area contributed by atoms with E-state index in [0.717, 1.165) is 52.3 Å². The van der Waals surface area contributed by atoms with Crippen molar-refractivity contribution in [2.24, 2.45) is 0 Å². The molecule has 0 radical (unpaired) electrons. The molecule has 1 saturated heterocycles. The number of aromatic nitrogens is 2. The van der Waals surface area contributed by atoms with Crippen LogP contribution in [-0.4, -0.2) is 46.5 Å². The highest BCUT2D eigenvalue weighted by atomic mass is 16.2. The van der Waals surface area contributed by atoms with E-state index in [1.54, 1.807) is 0 Å². The summed E-state index contributed by atoms with van der Waals surface area (Å²) in [5.41, 5.74) is 6.28. The van der Waals surface area contributed by atoms with E-state index >= 15 is 0 Å². The van der Waals surface area contributed by atoms with Gasteiger partial charge in [0.05, 0.1) is 16.6 Å². The van der Waals surface area contributed by atoms with E-state index in [4.69, 9.17) is 4.98 Å². The topological polar surface area (TPSA) is 52.9 Å². The minimum atomic E-state index is -0.0392. The number of hydrogen-bond donors (Lipinski definition) is 1. The van der Waals surface area contributed by atoms with E-state index < -0.39 is 0 Å². The van der Waals surface area contributed by atoms with E-state index in [-0.39, 0.29) is 6.03 Å². The summed E-state index contributed by atoms with van der Waals surface area (Å²) in [4.78, 5) is 21.9. The van der Waals surface area contributed by atoms with Crippen LogP contribution in [0.3, 0.4) is 0 Å². The zero-order valence-corrected chi connectivity index (χ0v) is 17.3. The number of hydrogen-bond acceptors (Lipinski definition) is 3. The number of nitrogens with one attached hydrogen (secondary N) is 1. The Kier molecular flexibility index (Phi) is 4.54. The van der Waals surface area contributed by atoms with Crippen molar-refractivity contribution in [3.63, 3.8) is 0 Å². The Bertz CT molecular complexity index is 1240. The van der Waals surface area contributed by atoms with E-state index in [1.807, 2.05) is 49.1 Å². The number of urea groups is 1. The fraction of sp³-hybridized carbons (Fsp3) is 0.250. The lowest BCUT2D eigenvalue weighted by Crippen LogP contribution is -2.50. The van der Waals surface area contributed by atoms with Gasteiger partial charge in [-0.05, 0) is 55.3 Å². The Morgan fingerprint density at radius 2 is 1.70 bits per heavy atom. The number of nitrogens with zero attached hydrogens (tertiary/aromatic N) is 4. The van der Waals surface area contributed by atoms with Crippen molar-refractivity contribution in [3.8, 4) is 0 Å². The molecule has 0 spiro atoms. The molecule has 2 aromatic carbocycles. The van der Waals surface area contributed by atoms with Crippen molar-refractivity contribution >= 4 is 34.1 Å². The molecule has 0 saturated carbocycles. The van der Waals surface area contributed by atoms with Gasteiger partial charge in [0.25, 0.3) is 0 Å². The Morgan fingerprint density at radius 1 is 0.933 bits per heavy atom. The molecule has 0 aliphatic carbocycles. The van der Waals surface area contributed by atoms with Crippen LogP contribution in [0.1, 0.15) is 11.1 Å². The summed E-state index contributed by atoms with van der Waals surface area (Å²) in [6.45, 7) is 6.89. The fourth-order valence-electron chi connectivity index (χ4n) is 4.13. The average Bonchev–Trinajstić information content (AvgIpc) is 3.26. The fourth-order valence-corrected chi connectivity index (χ4v) is 4.13. The monoisotopic (exact) mass is 399 g/mol. The normalized spacial score (nSPS) is 14.5. The van der Waals surface area contributed by atoms with Crippen molar-refractivity contribution < 1.29 is 4.79 Å². The molecule has 0 atom stereocenters. The Morgan fingerprint density at radius 3 is 2.53 bits per heavy atom. The van der Waals surface area contributed by atoms with Crippen LogP contribution in [0.2, 0.25) is 0 Å². The second kappa shape index (κ2) is 7.37. The summed E-state index contributed by atoms with van der Waals surface area (Å²) in [5.74, 6) is 0.980. The largest absolute Gasteiger partial charge is 0.351 e. The highest BCUT2D eigenvalue weighted by Gasteiger charge is 2.24. The third-order valence-electron chi connectivity index (χ3n) is 5.85. The number of aryl methyl sites for hydroxylation is 2. The summed E-state index contributed by atoms with van der Waals surface area (Å²) in [7, 11) is 0. The van der Waals surface area contributed by atoms with Crippen LogP contribution in [-0.2, 0) is 0 Å². The standard InChI is InChI=1S/C24H25N5O/c1-17-9-10-18(2)20(16-17)26-24(30)28-14-12-27(13-15-28)23-22-8-5-11-29(22)21-7-4-3-6-19(21)25-23/h3-11,16H,12-15H2,1-2H3,(H,26,30). The first-order chi connectivity index (χ1) is 14.6. The number of carbonyl (C=O) groups excluding carboxylic acids is 1. The second-order valence-corrected chi connectivity index (χ2v) is 7.91. The Balaban J connectivity index is 1.34. The number of amides is 2. The van der Waals surface area contributed by atoms with E-state index in [1.165, 1.54) is 0 Å². The molecule has 5 rings (SSSR count). The molecule has 0 bridgehead atoms. The van der Waals surface area contributed by atoms with Crippen LogP contribution in [0.25, 0.3) is 16.6 Å². The van der Waals surface area contributed by atoms with Crippen LogP contribution in [0, 0.1) is 13.8 Å². The molecular formula is C24H25N5O. The summed E-state index contributed by atoms with van der Waals surface area (Å²) in [6.07, 6.45) is 2.08. The minimum absolute atomic E-state index is 0.0392. The second-order valence-electron chi connectivity index (χ2n) is 7.91. The molecule has 152 valence electrons. The molecule has 6 heteroatoms. The van der Waals surface area contributed by atoms with Gasteiger partial charge < -0.3 is 19.5 Å². The summed E-state index contributed by atoms with van der Waals surface area (Å²) < 4.78 is 2.19. The summed E-state index contributed by atoms with van der Waals surface area (Å²) in [6, 6.07) is 18.4. The van der Waals surface area contributed by atoms with Gasteiger partial charge in [-0.3, -0.25) is 0 Å². The van der Waals surface area contributed by atoms with Gasteiger partial charge in [0, 0.05) is 38.1 Å². The van der Waals surface area contributed by atoms with Crippen molar-refractivity contribution in [1.29, 1.82) is 0 Å². The van der Waals surface area contributed by atoms with E-state index in [9.17, 15) is 4.79 Å². The molecule has 30 heavy (non-hydrogen) atoms. The first kappa shape index (κ1) is 18.5. The summed E-state index contributed by atoms with van der Waals surface area (Å²) in [5, 5.41) is 3.07. The predicted molar refractivity (Wildman–Crippen MR) is 121 cm³/mol. The highest BCUT2D eigenvalue weighted by Crippen LogP contribution is 2.26. The maximum Gasteiger partial charge on any atom is 0.321 e. The van der Waals surface area contributed by atoms with Gasteiger partial charge in [0.1, 0.15) is 0 Å². The first-order valence-corrected chi connectivity index (χ1v) is 10.3. The van der Waals surface area contributed by atoms with Crippen molar-refractivity contribution in [3.05, 3.63) is 71.9 Å². The van der Waals surface area contributed by atoms with Gasteiger partial charge >= 0.3 is 6.03 Å². The van der Waals surface area contributed by atoms with E-state index in [0.29, 0.717) is 13.1 Å². The number of piperazine rings is 1. The zero-order chi connectivity index (χ0) is 20.7. The number of para-hydroxylation sites is 2. The van der Waals surface area contributed by atoms with Crippen LogP contribution in [0.5, 0.6) is 0 Å². The average molecular weight is 399 g/mol. The lowest BCUT2D eigenvalue weighted by molar-refractivity contribution is 0.208. The minimum Gasteiger partial charge on any atom is -0.351 e. The lowest BCUT2D eigenvalue weighted by atomic mass is 10.1. The molecule has 3 heterocycles. The van der Waals surface area contributed by atoms with Crippen LogP contribution in [0.4, 0.5) is 16.3 Å². The molecular weight excluding hydrogens is 374 g/mol. The van der Waals surface area contributed by atoms with Crippen LogP contribution >= 0.6 is 0 Å². The van der Waals surface area contributed by atoms with Gasteiger partial charge in [-0.1, -0.05) is 24.3 Å². The van der Waals surface area contributed by atoms with E-state index in [2.05, 4.69) is 45.1 Å².